The van der Waals surface area contributed by atoms with E-state index in [4.69, 9.17) is 0 Å². The molecule has 0 bridgehead atoms. The van der Waals surface area contributed by atoms with Crippen LogP contribution in [0.5, 0.6) is 0 Å². The van der Waals surface area contributed by atoms with Crippen molar-refractivity contribution >= 4 is 0 Å². The highest BCUT2D eigenvalue weighted by molar-refractivity contribution is 5.24. The lowest BCUT2D eigenvalue weighted by Crippen LogP contribution is -2.25. The summed E-state index contributed by atoms with van der Waals surface area (Å²) < 4.78 is 0. The Hall–Kier alpha value is -2.76. The van der Waals surface area contributed by atoms with Crippen molar-refractivity contribution in [3.05, 3.63) is 92.0 Å². The van der Waals surface area contributed by atoms with Crippen molar-refractivity contribution in [1.82, 2.24) is 0 Å². The number of benzene rings is 2. The second-order valence-electron chi connectivity index (χ2n) is 4.28. The first-order chi connectivity index (χ1) is 9.61. The van der Waals surface area contributed by atoms with Gasteiger partial charge in [0.1, 0.15) is 0 Å². The Balaban J connectivity index is 2.50. The number of hydrogen-bond donors (Lipinski definition) is 0. The third kappa shape index (κ3) is 2.80. The number of nitrogens with zero attached hydrogens (tertiary/aromatic N) is 2. The predicted octanol–water partition coefficient (Wildman–Crippen LogP) is 3.02. The summed E-state index contributed by atoms with van der Waals surface area (Å²) in [6.07, 6.45) is 0. The zero-order valence-electron chi connectivity index (χ0n) is 10.5. The molecule has 2 rings (SSSR count). The van der Waals surface area contributed by atoms with Crippen LogP contribution >= 0.6 is 0 Å². The van der Waals surface area contributed by atoms with E-state index in [0.717, 1.165) is 0 Å². The molecular weight excluding hydrogens is 260 g/mol. The Bertz CT molecular complexity index is 546. The van der Waals surface area contributed by atoms with Gasteiger partial charge in [-0.1, -0.05) is 60.7 Å². The fourth-order valence-corrected chi connectivity index (χ4v) is 2.14. The average molecular weight is 272 g/mol. The fourth-order valence-electron chi connectivity index (χ4n) is 2.14. The van der Waals surface area contributed by atoms with E-state index in [1.165, 1.54) is 24.3 Å². The average Bonchev–Trinajstić information content (AvgIpc) is 2.45. The SMILES string of the molecule is O=[N+]([O-])C(c1ccccc1)C(c1ccccc1)[N+](=O)[O-]. The molecule has 6 nitrogen and oxygen atoms in total. The zero-order chi connectivity index (χ0) is 14.5. The van der Waals surface area contributed by atoms with Gasteiger partial charge in [-0.15, -0.1) is 0 Å². The van der Waals surface area contributed by atoms with E-state index in [0.29, 0.717) is 11.1 Å². The van der Waals surface area contributed by atoms with E-state index in [1.54, 1.807) is 36.4 Å². The van der Waals surface area contributed by atoms with Crippen LogP contribution in [0.15, 0.2) is 60.7 Å². The maximum absolute atomic E-state index is 11.3. The largest absolute Gasteiger partial charge is 0.308 e. The van der Waals surface area contributed by atoms with Gasteiger partial charge in [0.15, 0.2) is 0 Å². The Morgan fingerprint density at radius 1 is 0.650 bits per heavy atom. The predicted molar refractivity (Wildman–Crippen MR) is 72.4 cm³/mol. The molecule has 0 aliphatic heterocycles. The minimum atomic E-state index is -1.41. The van der Waals surface area contributed by atoms with Gasteiger partial charge in [0.25, 0.3) is 0 Å². The van der Waals surface area contributed by atoms with Crippen molar-refractivity contribution in [2.45, 2.75) is 12.1 Å². The van der Waals surface area contributed by atoms with Crippen LogP contribution in [0.4, 0.5) is 0 Å². The van der Waals surface area contributed by atoms with E-state index < -0.39 is 21.9 Å². The molecular formula is C14H12N2O4. The summed E-state index contributed by atoms with van der Waals surface area (Å²) >= 11 is 0. The summed E-state index contributed by atoms with van der Waals surface area (Å²) in [5.74, 6) is 0. The maximum Gasteiger partial charge on any atom is 0.308 e. The van der Waals surface area contributed by atoms with Crippen molar-refractivity contribution in [3.63, 3.8) is 0 Å². The molecule has 0 fully saturated rings. The smallest absolute Gasteiger partial charge is 0.264 e. The molecule has 6 heteroatoms. The third-order valence-electron chi connectivity index (χ3n) is 3.04. The van der Waals surface area contributed by atoms with Gasteiger partial charge in [-0.3, -0.25) is 20.2 Å². The van der Waals surface area contributed by atoms with Crippen LogP contribution in [0.2, 0.25) is 0 Å². The lowest BCUT2D eigenvalue weighted by atomic mass is 9.94. The van der Waals surface area contributed by atoms with Crippen LogP contribution < -0.4 is 0 Å². The number of nitro groups is 2. The minimum absolute atomic E-state index is 0.322. The lowest BCUT2D eigenvalue weighted by molar-refractivity contribution is -0.628. The van der Waals surface area contributed by atoms with Crippen LogP contribution in [0, 0.1) is 20.2 Å². The van der Waals surface area contributed by atoms with Gasteiger partial charge in [0.05, 0.1) is 0 Å². The van der Waals surface area contributed by atoms with E-state index in [1.807, 2.05) is 0 Å². The standard InChI is InChI=1S/C14H12N2O4/c17-15(18)13(11-7-3-1-4-8-11)14(16(19)20)12-9-5-2-6-10-12/h1-10,13-14H. The highest BCUT2D eigenvalue weighted by atomic mass is 16.6. The van der Waals surface area contributed by atoms with Crippen LogP contribution in [0.25, 0.3) is 0 Å². The summed E-state index contributed by atoms with van der Waals surface area (Å²) in [6.45, 7) is 0. The summed E-state index contributed by atoms with van der Waals surface area (Å²) in [5, 5.41) is 22.6. The molecule has 0 saturated heterocycles. The number of rotatable bonds is 5. The van der Waals surface area contributed by atoms with Crippen LogP contribution in [0.1, 0.15) is 23.2 Å². The minimum Gasteiger partial charge on any atom is -0.264 e. The van der Waals surface area contributed by atoms with E-state index in [-0.39, 0.29) is 0 Å². The third-order valence-corrected chi connectivity index (χ3v) is 3.04. The maximum atomic E-state index is 11.3. The lowest BCUT2D eigenvalue weighted by Gasteiger charge is -2.15. The molecule has 102 valence electrons. The van der Waals surface area contributed by atoms with Gasteiger partial charge in [0, 0.05) is 21.0 Å². The van der Waals surface area contributed by atoms with Crippen molar-refractivity contribution in [2.75, 3.05) is 0 Å². The Kier molecular flexibility index (Phi) is 4.05. The second-order valence-corrected chi connectivity index (χ2v) is 4.28. The molecule has 2 aromatic rings. The molecule has 0 aliphatic rings. The molecule has 2 aromatic carbocycles. The Morgan fingerprint density at radius 3 is 1.20 bits per heavy atom. The topological polar surface area (TPSA) is 86.3 Å². The molecule has 0 radical (unpaired) electrons. The first kappa shape index (κ1) is 13.7. The van der Waals surface area contributed by atoms with Crippen molar-refractivity contribution in [2.24, 2.45) is 0 Å². The molecule has 0 saturated carbocycles. The normalized spacial score (nSPS) is 13.4. The first-order valence-corrected chi connectivity index (χ1v) is 5.98. The van der Waals surface area contributed by atoms with Crippen LogP contribution in [0.3, 0.4) is 0 Å². The summed E-state index contributed by atoms with van der Waals surface area (Å²) in [4.78, 5) is 21.4. The highest BCUT2D eigenvalue weighted by Crippen LogP contribution is 2.33. The molecule has 20 heavy (non-hydrogen) atoms. The van der Waals surface area contributed by atoms with Gasteiger partial charge in [-0.25, -0.2) is 0 Å². The molecule has 0 heterocycles. The summed E-state index contributed by atoms with van der Waals surface area (Å²) in [5.41, 5.74) is 0.645. The molecule has 0 spiro atoms. The van der Waals surface area contributed by atoms with E-state index >= 15 is 0 Å². The second kappa shape index (κ2) is 5.92. The van der Waals surface area contributed by atoms with Crippen molar-refractivity contribution < 1.29 is 9.85 Å². The molecule has 2 atom stereocenters. The van der Waals surface area contributed by atoms with E-state index in [2.05, 4.69) is 0 Å². The Labute approximate surface area is 115 Å². The van der Waals surface area contributed by atoms with Crippen LogP contribution in [-0.4, -0.2) is 9.85 Å². The molecule has 0 amide bonds. The molecule has 2 unspecified atom stereocenters. The monoisotopic (exact) mass is 272 g/mol. The van der Waals surface area contributed by atoms with Gasteiger partial charge in [-0.05, 0) is 0 Å². The first-order valence-electron chi connectivity index (χ1n) is 5.98. The summed E-state index contributed by atoms with van der Waals surface area (Å²) in [7, 11) is 0. The molecule has 0 aliphatic carbocycles. The highest BCUT2D eigenvalue weighted by Gasteiger charge is 2.43. The fraction of sp³-hybridized carbons (Fsp3) is 0.143. The number of hydrogen-bond acceptors (Lipinski definition) is 4. The summed E-state index contributed by atoms with van der Waals surface area (Å²) in [6, 6.07) is 13.3. The van der Waals surface area contributed by atoms with Crippen LogP contribution in [-0.2, 0) is 0 Å². The quantitative estimate of drug-likeness (QED) is 0.618. The van der Waals surface area contributed by atoms with Gasteiger partial charge in [0.2, 0.25) is 0 Å². The van der Waals surface area contributed by atoms with Gasteiger partial charge < -0.3 is 0 Å². The van der Waals surface area contributed by atoms with E-state index in [9.17, 15) is 20.2 Å². The Morgan fingerprint density at radius 2 is 0.950 bits per heavy atom. The van der Waals surface area contributed by atoms with Crippen molar-refractivity contribution in [1.29, 1.82) is 0 Å². The molecule has 0 N–H and O–H groups in total. The van der Waals surface area contributed by atoms with Crippen molar-refractivity contribution in [3.8, 4) is 0 Å². The van der Waals surface area contributed by atoms with Gasteiger partial charge >= 0.3 is 12.1 Å². The molecule has 0 aromatic heterocycles. The zero-order valence-corrected chi connectivity index (χ0v) is 10.5. The van der Waals surface area contributed by atoms with Gasteiger partial charge in [-0.2, -0.15) is 0 Å².